The second-order valence-corrected chi connectivity index (χ2v) is 9.18. The van der Waals surface area contributed by atoms with Crippen molar-refractivity contribution in [3.63, 3.8) is 0 Å². The molecular weight excluding hydrogens is 486 g/mol. The van der Waals surface area contributed by atoms with Crippen LogP contribution >= 0.6 is 22.9 Å². The molecule has 0 unspecified atom stereocenters. The number of amides is 1. The third kappa shape index (κ3) is 4.96. The van der Waals surface area contributed by atoms with E-state index in [9.17, 15) is 4.79 Å². The number of halogens is 1. The molecule has 0 aliphatic heterocycles. The third-order valence-corrected chi connectivity index (χ3v) is 6.38. The molecule has 8 nitrogen and oxygen atoms in total. The molecule has 0 aliphatic rings. The van der Waals surface area contributed by atoms with Crippen molar-refractivity contribution >= 4 is 44.9 Å². The monoisotopic (exact) mass is 505 g/mol. The number of carbonyl (C=O) groups excluding carboxylic acids is 1. The number of aromatic nitrogens is 4. The zero-order chi connectivity index (χ0) is 24.4. The summed E-state index contributed by atoms with van der Waals surface area (Å²) in [5.41, 5.74) is 3.61. The van der Waals surface area contributed by atoms with Crippen LogP contribution in [0.1, 0.15) is 21.1 Å². The number of rotatable bonds is 7. The lowest BCUT2D eigenvalue weighted by Crippen LogP contribution is -2.14. The topological polar surface area (TPSA) is 102 Å². The Hall–Kier alpha value is -3.95. The smallest absolute Gasteiger partial charge is 0.259 e. The zero-order valence-electron chi connectivity index (χ0n) is 18.8. The summed E-state index contributed by atoms with van der Waals surface area (Å²) in [6, 6.07) is 14.8. The van der Waals surface area contributed by atoms with Crippen molar-refractivity contribution in [1.82, 2.24) is 20.2 Å². The molecule has 176 valence electrons. The van der Waals surface area contributed by atoms with Gasteiger partial charge in [-0.1, -0.05) is 22.9 Å². The first-order valence-corrected chi connectivity index (χ1v) is 11.8. The van der Waals surface area contributed by atoms with Gasteiger partial charge in [-0.05, 0) is 55.5 Å². The highest BCUT2D eigenvalue weighted by molar-refractivity contribution is 7.15. The average Bonchev–Trinajstić information content (AvgIpc) is 3.51. The summed E-state index contributed by atoms with van der Waals surface area (Å²) in [7, 11) is 1.61. The number of benzene rings is 2. The average molecular weight is 506 g/mol. The Morgan fingerprint density at radius 3 is 2.74 bits per heavy atom. The van der Waals surface area contributed by atoms with E-state index in [0.717, 1.165) is 22.2 Å². The molecule has 0 spiro atoms. The number of H-pyrrole nitrogens is 1. The Kier molecular flexibility index (Phi) is 6.35. The Bertz CT molecular complexity index is 1510. The predicted octanol–water partition coefficient (Wildman–Crippen LogP) is 5.88. The number of methoxy groups -OCH3 is 1. The first-order valence-electron chi connectivity index (χ1n) is 10.6. The van der Waals surface area contributed by atoms with Gasteiger partial charge in [0.05, 0.1) is 12.7 Å². The van der Waals surface area contributed by atoms with Crippen molar-refractivity contribution < 1.29 is 14.3 Å². The number of nitrogens with zero attached hydrogens (tertiary/aromatic N) is 3. The van der Waals surface area contributed by atoms with Crippen LogP contribution in [0, 0.1) is 6.92 Å². The van der Waals surface area contributed by atoms with Gasteiger partial charge in [0, 0.05) is 45.1 Å². The SMILES string of the molecule is COc1cc2cc[nH]c2cc1-c1cc(C)ncc1C(=O)Nc1nnc(COc2ccc(Cl)cc2)s1. The van der Waals surface area contributed by atoms with Crippen molar-refractivity contribution in [2.24, 2.45) is 0 Å². The number of hydrogen-bond acceptors (Lipinski definition) is 7. The lowest BCUT2D eigenvalue weighted by molar-refractivity contribution is 0.102. The zero-order valence-corrected chi connectivity index (χ0v) is 20.4. The van der Waals surface area contributed by atoms with Gasteiger partial charge in [0.25, 0.3) is 5.91 Å². The number of carbonyl (C=O) groups is 1. The second-order valence-electron chi connectivity index (χ2n) is 7.69. The van der Waals surface area contributed by atoms with Gasteiger partial charge >= 0.3 is 0 Å². The molecule has 5 rings (SSSR count). The Morgan fingerprint density at radius 1 is 1.11 bits per heavy atom. The number of fused-ring (bicyclic) bond motifs is 1. The number of aromatic amines is 1. The summed E-state index contributed by atoms with van der Waals surface area (Å²) in [5, 5.41) is 13.7. The molecule has 2 N–H and O–H groups in total. The van der Waals surface area contributed by atoms with E-state index in [1.165, 1.54) is 11.3 Å². The van der Waals surface area contributed by atoms with Crippen LogP contribution in [-0.2, 0) is 6.61 Å². The van der Waals surface area contributed by atoms with E-state index >= 15 is 0 Å². The van der Waals surface area contributed by atoms with Crippen LogP contribution in [0.4, 0.5) is 5.13 Å². The molecule has 2 aromatic carbocycles. The van der Waals surface area contributed by atoms with Gasteiger partial charge in [0.2, 0.25) is 5.13 Å². The summed E-state index contributed by atoms with van der Waals surface area (Å²) < 4.78 is 11.3. The molecular formula is C25H20ClN5O3S. The van der Waals surface area contributed by atoms with Gasteiger partial charge in [-0.2, -0.15) is 0 Å². The molecule has 1 amide bonds. The number of aryl methyl sites for hydroxylation is 1. The maximum absolute atomic E-state index is 13.2. The number of anilines is 1. The maximum atomic E-state index is 13.2. The van der Waals surface area contributed by atoms with Crippen LogP contribution in [-0.4, -0.2) is 33.2 Å². The molecule has 0 fully saturated rings. The molecule has 5 aromatic rings. The summed E-state index contributed by atoms with van der Waals surface area (Å²) in [5.74, 6) is 0.982. The fourth-order valence-electron chi connectivity index (χ4n) is 3.63. The van der Waals surface area contributed by atoms with Crippen molar-refractivity contribution in [2.75, 3.05) is 12.4 Å². The molecule has 0 aliphatic carbocycles. The van der Waals surface area contributed by atoms with E-state index in [-0.39, 0.29) is 12.5 Å². The molecule has 0 saturated carbocycles. The minimum Gasteiger partial charge on any atom is -0.496 e. The standard InChI is InChI=1S/C25H20ClN5O3S/c1-14-9-18(19-11-21-15(7-8-27-21)10-22(19)33-2)20(12-28-14)24(32)29-25-31-30-23(35-25)13-34-17-5-3-16(26)4-6-17/h3-12,27H,13H2,1-2H3,(H,29,31,32). The lowest BCUT2D eigenvalue weighted by Gasteiger charge is -2.13. The Morgan fingerprint density at radius 2 is 1.94 bits per heavy atom. The van der Waals surface area contributed by atoms with E-state index in [1.807, 2.05) is 37.4 Å². The van der Waals surface area contributed by atoms with E-state index in [4.69, 9.17) is 21.1 Å². The van der Waals surface area contributed by atoms with Crippen LogP contribution in [0.2, 0.25) is 5.02 Å². The van der Waals surface area contributed by atoms with Crippen molar-refractivity contribution in [3.05, 3.63) is 82.2 Å². The predicted molar refractivity (Wildman–Crippen MR) is 136 cm³/mol. The van der Waals surface area contributed by atoms with Crippen LogP contribution in [0.5, 0.6) is 11.5 Å². The summed E-state index contributed by atoms with van der Waals surface area (Å²) in [6.07, 6.45) is 3.42. The molecule has 0 atom stereocenters. The number of hydrogen-bond donors (Lipinski definition) is 2. The minimum absolute atomic E-state index is 0.222. The van der Waals surface area contributed by atoms with E-state index < -0.39 is 0 Å². The minimum atomic E-state index is -0.345. The third-order valence-electron chi connectivity index (χ3n) is 5.31. The largest absolute Gasteiger partial charge is 0.496 e. The first kappa shape index (κ1) is 22.8. The summed E-state index contributed by atoms with van der Waals surface area (Å²) in [6.45, 7) is 2.10. The highest BCUT2D eigenvalue weighted by Gasteiger charge is 2.19. The quantitative estimate of drug-likeness (QED) is 0.286. The normalized spacial score (nSPS) is 10.9. The molecule has 0 bridgehead atoms. The first-order chi connectivity index (χ1) is 17.0. The number of nitrogens with one attached hydrogen (secondary N) is 2. The van der Waals surface area contributed by atoms with E-state index in [1.54, 1.807) is 37.6 Å². The second kappa shape index (κ2) is 9.73. The molecule has 3 aromatic heterocycles. The molecule has 0 saturated heterocycles. The summed E-state index contributed by atoms with van der Waals surface area (Å²) in [4.78, 5) is 20.8. The van der Waals surface area contributed by atoms with Gasteiger partial charge in [0.1, 0.15) is 18.1 Å². The van der Waals surface area contributed by atoms with E-state index in [2.05, 4.69) is 25.5 Å². The summed E-state index contributed by atoms with van der Waals surface area (Å²) >= 11 is 7.14. The van der Waals surface area contributed by atoms with Gasteiger partial charge in [-0.3, -0.25) is 15.1 Å². The van der Waals surface area contributed by atoms with Crippen LogP contribution < -0.4 is 14.8 Å². The van der Waals surface area contributed by atoms with Gasteiger partial charge in [-0.25, -0.2) is 0 Å². The van der Waals surface area contributed by atoms with Gasteiger partial charge in [0.15, 0.2) is 5.01 Å². The highest BCUT2D eigenvalue weighted by atomic mass is 35.5. The van der Waals surface area contributed by atoms with Gasteiger partial charge in [-0.15, -0.1) is 10.2 Å². The molecule has 0 radical (unpaired) electrons. The maximum Gasteiger partial charge on any atom is 0.259 e. The Labute approximate surface area is 209 Å². The van der Waals surface area contributed by atoms with Gasteiger partial charge < -0.3 is 14.5 Å². The molecule has 3 heterocycles. The van der Waals surface area contributed by atoms with Crippen LogP contribution in [0.3, 0.4) is 0 Å². The van der Waals surface area contributed by atoms with Crippen LogP contribution in [0.25, 0.3) is 22.0 Å². The highest BCUT2D eigenvalue weighted by Crippen LogP contribution is 2.36. The van der Waals surface area contributed by atoms with Crippen molar-refractivity contribution in [1.29, 1.82) is 0 Å². The Balaban J connectivity index is 1.38. The number of pyridine rings is 1. The fraction of sp³-hybridized carbons (Fsp3) is 0.120. The molecule has 35 heavy (non-hydrogen) atoms. The molecule has 10 heteroatoms. The lowest BCUT2D eigenvalue weighted by atomic mass is 9.98. The van der Waals surface area contributed by atoms with Crippen LogP contribution in [0.15, 0.2) is 60.9 Å². The van der Waals surface area contributed by atoms with Crippen molar-refractivity contribution in [3.8, 4) is 22.6 Å². The fourth-order valence-corrected chi connectivity index (χ4v) is 4.40. The van der Waals surface area contributed by atoms with Crippen molar-refractivity contribution in [2.45, 2.75) is 13.5 Å². The number of ether oxygens (including phenoxy) is 2. The van der Waals surface area contributed by atoms with E-state index in [0.29, 0.717) is 37.8 Å².